The van der Waals surface area contributed by atoms with Crippen molar-refractivity contribution in [2.45, 2.75) is 19.9 Å². The zero-order valence-corrected chi connectivity index (χ0v) is 9.73. The average Bonchev–Trinajstić information content (AvgIpc) is 2.85. The van der Waals surface area contributed by atoms with Gasteiger partial charge in [-0.3, -0.25) is 0 Å². The van der Waals surface area contributed by atoms with Crippen molar-refractivity contribution >= 4 is 0 Å². The Morgan fingerprint density at radius 1 is 1.41 bits per heavy atom. The second kappa shape index (κ2) is 5.54. The second-order valence-corrected chi connectivity index (χ2v) is 3.75. The van der Waals surface area contributed by atoms with Crippen LogP contribution in [0.25, 0.3) is 5.69 Å². The first kappa shape index (κ1) is 11.7. The number of hydrogen-bond donors (Lipinski definition) is 1. The number of hydrogen-bond acceptors (Lipinski definition) is 3. The van der Waals surface area contributed by atoms with Gasteiger partial charge in [0, 0.05) is 12.1 Å². The van der Waals surface area contributed by atoms with Crippen LogP contribution in [0.4, 0.5) is 4.39 Å². The van der Waals surface area contributed by atoms with Gasteiger partial charge in [-0.1, -0.05) is 13.0 Å². The Morgan fingerprint density at radius 3 is 3.00 bits per heavy atom. The third-order valence-corrected chi connectivity index (χ3v) is 2.49. The largest absolute Gasteiger partial charge is 0.312 e. The standard InChI is InChI=1S/C12H15FN4/c1-2-6-14-7-10-11(13)4-3-5-12(10)17-9-15-8-16-17/h3-5,8-9,14H,2,6-7H2,1H3. The number of nitrogens with one attached hydrogen (secondary N) is 1. The lowest BCUT2D eigenvalue weighted by atomic mass is 10.1. The van der Waals surface area contributed by atoms with Crippen LogP contribution in [0.5, 0.6) is 0 Å². The maximum atomic E-state index is 13.8. The molecule has 0 spiro atoms. The second-order valence-electron chi connectivity index (χ2n) is 3.75. The molecule has 1 N–H and O–H groups in total. The molecule has 0 fully saturated rings. The zero-order valence-electron chi connectivity index (χ0n) is 9.73. The molecule has 0 saturated carbocycles. The van der Waals surface area contributed by atoms with E-state index in [1.807, 2.05) is 6.07 Å². The van der Waals surface area contributed by atoms with Crippen molar-refractivity contribution in [1.29, 1.82) is 0 Å². The molecular formula is C12H15FN4. The summed E-state index contributed by atoms with van der Waals surface area (Å²) >= 11 is 0. The normalized spacial score (nSPS) is 10.7. The summed E-state index contributed by atoms with van der Waals surface area (Å²) in [6.45, 7) is 3.44. The van der Waals surface area contributed by atoms with Crippen molar-refractivity contribution < 1.29 is 4.39 Å². The Hall–Kier alpha value is -1.75. The Morgan fingerprint density at radius 2 is 2.29 bits per heavy atom. The lowest BCUT2D eigenvalue weighted by Gasteiger charge is -2.10. The Labute approximate surface area is 99.5 Å². The molecule has 0 amide bonds. The van der Waals surface area contributed by atoms with Crippen molar-refractivity contribution in [3.05, 3.63) is 42.2 Å². The molecule has 0 saturated heterocycles. The molecule has 0 atom stereocenters. The van der Waals surface area contributed by atoms with E-state index < -0.39 is 0 Å². The van der Waals surface area contributed by atoms with Crippen LogP contribution in [0.3, 0.4) is 0 Å². The van der Waals surface area contributed by atoms with Gasteiger partial charge in [0.05, 0.1) is 5.69 Å². The smallest absolute Gasteiger partial charge is 0.138 e. The fourth-order valence-electron chi connectivity index (χ4n) is 1.66. The predicted octanol–water partition coefficient (Wildman–Crippen LogP) is 1.91. The molecular weight excluding hydrogens is 219 g/mol. The molecule has 1 heterocycles. The molecule has 0 aliphatic heterocycles. The predicted molar refractivity (Wildman–Crippen MR) is 63.3 cm³/mol. The summed E-state index contributed by atoms with van der Waals surface area (Å²) in [5.41, 5.74) is 1.34. The summed E-state index contributed by atoms with van der Waals surface area (Å²) in [5, 5.41) is 7.22. The third kappa shape index (κ3) is 2.68. The van der Waals surface area contributed by atoms with Crippen molar-refractivity contribution in [2.24, 2.45) is 0 Å². The highest BCUT2D eigenvalue weighted by Gasteiger charge is 2.09. The topological polar surface area (TPSA) is 42.7 Å². The van der Waals surface area contributed by atoms with Crippen molar-refractivity contribution in [3.8, 4) is 5.69 Å². The van der Waals surface area contributed by atoms with Gasteiger partial charge >= 0.3 is 0 Å². The number of nitrogens with zero attached hydrogens (tertiary/aromatic N) is 3. The van der Waals surface area contributed by atoms with Gasteiger partial charge < -0.3 is 5.32 Å². The summed E-state index contributed by atoms with van der Waals surface area (Å²) in [6.07, 6.45) is 4.03. The summed E-state index contributed by atoms with van der Waals surface area (Å²) in [6, 6.07) is 4.97. The Kier molecular flexibility index (Phi) is 3.82. The number of rotatable bonds is 5. The third-order valence-electron chi connectivity index (χ3n) is 2.49. The minimum absolute atomic E-state index is 0.221. The monoisotopic (exact) mass is 234 g/mol. The summed E-state index contributed by atoms with van der Waals surface area (Å²) < 4.78 is 15.3. The molecule has 2 rings (SSSR count). The van der Waals surface area contributed by atoms with E-state index in [1.165, 1.54) is 12.4 Å². The van der Waals surface area contributed by atoms with Crippen LogP contribution >= 0.6 is 0 Å². The fraction of sp³-hybridized carbons (Fsp3) is 0.333. The molecule has 5 heteroatoms. The van der Waals surface area contributed by atoms with Gasteiger partial charge in [0.25, 0.3) is 0 Å². The number of halogens is 1. The van der Waals surface area contributed by atoms with E-state index in [9.17, 15) is 4.39 Å². The fourth-order valence-corrected chi connectivity index (χ4v) is 1.66. The van der Waals surface area contributed by atoms with Gasteiger partial charge in [-0.2, -0.15) is 5.10 Å². The molecule has 0 unspecified atom stereocenters. The first-order chi connectivity index (χ1) is 8.33. The first-order valence-corrected chi connectivity index (χ1v) is 5.66. The van der Waals surface area contributed by atoms with Gasteiger partial charge in [0.15, 0.2) is 0 Å². The molecule has 90 valence electrons. The van der Waals surface area contributed by atoms with Gasteiger partial charge in [-0.25, -0.2) is 14.1 Å². The average molecular weight is 234 g/mol. The van der Waals surface area contributed by atoms with Crippen LogP contribution in [0, 0.1) is 5.82 Å². The van der Waals surface area contributed by atoms with E-state index in [-0.39, 0.29) is 5.82 Å². The van der Waals surface area contributed by atoms with Gasteiger partial charge in [-0.05, 0) is 25.1 Å². The molecule has 0 radical (unpaired) electrons. The summed E-state index contributed by atoms with van der Waals surface area (Å²) in [4.78, 5) is 3.87. The summed E-state index contributed by atoms with van der Waals surface area (Å²) in [5.74, 6) is -0.221. The van der Waals surface area contributed by atoms with Gasteiger partial charge in [0.2, 0.25) is 0 Å². The van der Waals surface area contributed by atoms with Crippen LogP contribution in [-0.2, 0) is 6.54 Å². The minimum atomic E-state index is -0.221. The highest BCUT2D eigenvalue weighted by atomic mass is 19.1. The highest BCUT2D eigenvalue weighted by Crippen LogP contribution is 2.16. The maximum Gasteiger partial charge on any atom is 0.138 e. The van der Waals surface area contributed by atoms with Crippen LogP contribution in [-0.4, -0.2) is 21.3 Å². The molecule has 0 aliphatic rings. The SMILES string of the molecule is CCCNCc1c(F)cccc1-n1cncn1. The van der Waals surface area contributed by atoms with Crippen LogP contribution in [0.1, 0.15) is 18.9 Å². The van der Waals surface area contributed by atoms with Crippen LogP contribution in [0.15, 0.2) is 30.9 Å². The lowest BCUT2D eigenvalue weighted by Crippen LogP contribution is -2.17. The number of benzene rings is 1. The van der Waals surface area contributed by atoms with E-state index in [0.29, 0.717) is 12.1 Å². The van der Waals surface area contributed by atoms with Crippen molar-refractivity contribution in [2.75, 3.05) is 6.54 Å². The maximum absolute atomic E-state index is 13.8. The zero-order chi connectivity index (χ0) is 12.1. The molecule has 0 bridgehead atoms. The van der Waals surface area contributed by atoms with E-state index in [0.717, 1.165) is 18.7 Å². The van der Waals surface area contributed by atoms with Crippen LogP contribution in [0.2, 0.25) is 0 Å². The lowest BCUT2D eigenvalue weighted by molar-refractivity contribution is 0.582. The molecule has 17 heavy (non-hydrogen) atoms. The minimum Gasteiger partial charge on any atom is -0.312 e. The molecule has 1 aromatic carbocycles. The van der Waals surface area contributed by atoms with E-state index >= 15 is 0 Å². The Balaban J connectivity index is 2.28. The Bertz CT molecular complexity index is 467. The number of aromatic nitrogens is 3. The molecule has 2 aromatic rings. The molecule has 0 aliphatic carbocycles. The molecule has 4 nitrogen and oxygen atoms in total. The summed E-state index contributed by atoms with van der Waals surface area (Å²) in [7, 11) is 0. The first-order valence-electron chi connectivity index (χ1n) is 5.66. The van der Waals surface area contributed by atoms with E-state index in [4.69, 9.17) is 0 Å². The molecule has 1 aromatic heterocycles. The van der Waals surface area contributed by atoms with E-state index in [1.54, 1.807) is 17.1 Å². The van der Waals surface area contributed by atoms with Crippen LogP contribution < -0.4 is 5.32 Å². The van der Waals surface area contributed by atoms with Crippen molar-refractivity contribution in [1.82, 2.24) is 20.1 Å². The van der Waals surface area contributed by atoms with Gasteiger partial charge in [-0.15, -0.1) is 0 Å². The van der Waals surface area contributed by atoms with Crippen molar-refractivity contribution in [3.63, 3.8) is 0 Å². The quantitative estimate of drug-likeness (QED) is 0.803. The van der Waals surface area contributed by atoms with Gasteiger partial charge in [0.1, 0.15) is 18.5 Å². The highest BCUT2D eigenvalue weighted by molar-refractivity contribution is 5.40. The van der Waals surface area contributed by atoms with E-state index in [2.05, 4.69) is 22.3 Å².